The van der Waals surface area contributed by atoms with Gasteiger partial charge in [0.1, 0.15) is 16.9 Å². The molecule has 0 saturated carbocycles. The van der Waals surface area contributed by atoms with Crippen molar-refractivity contribution in [1.82, 2.24) is 0 Å². The number of hydrogen-bond acceptors (Lipinski definition) is 2. The summed E-state index contributed by atoms with van der Waals surface area (Å²) in [5.41, 5.74) is -1.58. The van der Waals surface area contributed by atoms with E-state index in [0.29, 0.717) is 0 Å². The van der Waals surface area contributed by atoms with E-state index in [1.165, 1.54) is 54.6 Å². The molecule has 2 nitrogen and oxygen atoms in total. The molecule has 0 aliphatic heterocycles. The Labute approximate surface area is 161 Å². The molecule has 0 heterocycles. The van der Waals surface area contributed by atoms with E-state index in [1.54, 1.807) is 12.1 Å². The first-order chi connectivity index (χ1) is 13.2. The van der Waals surface area contributed by atoms with Crippen LogP contribution >= 0.6 is 0 Å². The molecule has 0 bridgehead atoms. The molecule has 146 valence electrons. The van der Waals surface area contributed by atoms with Crippen LogP contribution in [0.2, 0.25) is 0 Å². The molecule has 0 radical (unpaired) electrons. The third kappa shape index (κ3) is 3.33. The van der Waals surface area contributed by atoms with Crippen molar-refractivity contribution in [3.8, 4) is 11.5 Å². The highest BCUT2D eigenvalue weighted by Crippen LogP contribution is 2.51. The van der Waals surface area contributed by atoms with Gasteiger partial charge in [0.05, 0.1) is 0 Å². The van der Waals surface area contributed by atoms with Crippen LogP contribution < -0.4 is 0 Å². The molecule has 0 aliphatic rings. The predicted molar refractivity (Wildman–Crippen MR) is 103 cm³/mol. The van der Waals surface area contributed by atoms with Gasteiger partial charge in [0.25, 0.3) is 0 Å². The quantitative estimate of drug-likeness (QED) is 0.531. The number of rotatable bonds is 4. The van der Waals surface area contributed by atoms with Crippen LogP contribution in [0.25, 0.3) is 0 Å². The Kier molecular flexibility index (Phi) is 5.11. The van der Waals surface area contributed by atoms with E-state index in [4.69, 9.17) is 0 Å². The van der Waals surface area contributed by atoms with Crippen LogP contribution in [0.15, 0.2) is 72.8 Å². The lowest BCUT2D eigenvalue weighted by Gasteiger charge is -2.38. The van der Waals surface area contributed by atoms with Gasteiger partial charge in [-0.2, -0.15) is 13.2 Å². The van der Waals surface area contributed by atoms with Crippen LogP contribution in [0, 0.1) is 0 Å². The number of alkyl halides is 3. The summed E-state index contributed by atoms with van der Waals surface area (Å²) in [6.07, 6.45) is -4.67. The van der Waals surface area contributed by atoms with Crippen molar-refractivity contribution in [3.05, 3.63) is 95.1 Å². The van der Waals surface area contributed by atoms with Crippen molar-refractivity contribution in [3.63, 3.8) is 0 Å². The Bertz CT molecular complexity index is 897. The molecule has 0 saturated heterocycles. The SMILES string of the molecule is CC(C)c1cccc(C(c2ccc(O)cc2)(c2ccc(O)cc2)C(F)(F)F)c1. The Hall–Kier alpha value is -2.95. The van der Waals surface area contributed by atoms with Crippen molar-refractivity contribution in [2.75, 3.05) is 0 Å². The first-order valence-electron chi connectivity index (χ1n) is 8.92. The van der Waals surface area contributed by atoms with Crippen molar-refractivity contribution in [2.24, 2.45) is 0 Å². The number of aromatic hydroxyl groups is 2. The summed E-state index contributed by atoms with van der Waals surface area (Å²) in [6, 6.07) is 16.7. The maximum Gasteiger partial charge on any atom is 0.406 e. The molecule has 5 heteroatoms. The summed E-state index contributed by atoms with van der Waals surface area (Å²) in [5, 5.41) is 19.2. The normalized spacial score (nSPS) is 12.4. The van der Waals surface area contributed by atoms with Crippen LogP contribution in [0.5, 0.6) is 11.5 Å². The minimum absolute atomic E-state index is 0.00982. The summed E-state index contributed by atoms with van der Waals surface area (Å²) in [4.78, 5) is 0. The van der Waals surface area contributed by atoms with Crippen LogP contribution in [0.3, 0.4) is 0 Å². The number of benzene rings is 3. The average Bonchev–Trinajstić information content (AvgIpc) is 2.64. The lowest BCUT2D eigenvalue weighted by atomic mass is 9.68. The fraction of sp³-hybridized carbons (Fsp3) is 0.217. The second-order valence-electron chi connectivity index (χ2n) is 7.12. The zero-order valence-corrected chi connectivity index (χ0v) is 15.5. The maximum absolute atomic E-state index is 14.8. The highest BCUT2D eigenvalue weighted by atomic mass is 19.4. The second-order valence-corrected chi connectivity index (χ2v) is 7.12. The average molecular weight is 386 g/mol. The van der Waals surface area contributed by atoms with E-state index < -0.39 is 11.6 Å². The molecule has 0 fully saturated rings. The summed E-state index contributed by atoms with van der Waals surface area (Å²) in [5.74, 6) is -0.159. The molecule has 0 aliphatic carbocycles. The van der Waals surface area contributed by atoms with Gasteiger partial charge in [0.15, 0.2) is 0 Å². The number of phenolic OH excluding ortho intramolecular Hbond substituents is 2. The molecule has 28 heavy (non-hydrogen) atoms. The summed E-state index contributed by atoms with van der Waals surface area (Å²) in [6.45, 7) is 3.85. The Morgan fingerprint density at radius 2 is 1.14 bits per heavy atom. The molecular weight excluding hydrogens is 365 g/mol. The lowest BCUT2D eigenvalue weighted by Crippen LogP contribution is -2.44. The molecular formula is C23H21F3O2. The third-order valence-corrected chi connectivity index (χ3v) is 5.01. The van der Waals surface area contributed by atoms with Crippen LogP contribution in [-0.2, 0) is 5.41 Å². The fourth-order valence-electron chi connectivity index (χ4n) is 3.54. The van der Waals surface area contributed by atoms with Gasteiger partial charge in [-0.1, -0.05) is 62.4 Å². The van der Waals surface area contributed by atoms with Crippen LogP contribution in [0.4, 0.5) is 13.2 Å². The van der Waals surface area contributed by atoms with E-state index in [1.807, 2.05) is 19.9 Å². The molecule has 0 amide bonds. The van der Waals surface area contributed by atoms with Crippen LogP contribution in [0.1, 0.15) is 42.0 Å². The van der Waals surface area contributed by atoms with Gasteiger partial charge in [-0.15, -0.1) is 0 Å². The molecule has 0 aromatic heterocycles. The monoisotopic (exact) mass is 386 g/mol. The third-order valence-electron chi connectivity index (χ3n) is 5.01. The minimum Gasteiger partial charge on any atom is -0.508 e. The smallest absolute Gasteiger partial charge is 0.406 e. The Morgan fingerprint density at radius 1 is 0.679 bits per heavy atom. The lowest BCUT2D eigenvalue weighted by molar-refractivity contribution is -0.166. The Balaban J connectivity index is 2.41. The van der Waals surface area contributed by atoms with Gasteiger partial charge in [-0.05, 0) is 52.4 Å². The number of phenols is 2. The summed E-state index contributed by atoms with van der Waals surface area (Å²) in [7, 11) is 0. The highest BCUT2D eigenvalue weighted by molar-refractivity contribution is 5.54. The van der Waals surface area contributed by atoms with Crippen molar-refractivity contribution < 1.29 is 23.4 Å². The highest BCUT2D eigenvalue weighted by Gasteiger charge is 2.58. The number of hydrogen-bond donors (Lipinski definition) is 2. The van der Waals surface area contributed by atoms with Gasteiger partial charge in [-0.25, -0.2) is 0 Å². The van der Waals surface area contributed by atoms with Gasteiger partial charge in [0.2, 0.25) is 0 Å². The summed E-state index contributed by atoms with van der Waals surface area (Å²) < 4.78 is 44.5. The van der Waals surface area contributed by atoms with E-state index >= 15 is 0 Å². The first kappa shape index (κ1) is 19.8. The maximum atomic E-state index is 14.8. The van der Waals surface area contributed by atoms with E-state index in [2.05, 4.69) is 0 Å². The van der Waals surface area contributed by atoms with E-state index in [-0.39, 0.29) is 34.1 Å². The standard InChI is InChI=1S/C23H21F3O2/c1-15(2)16-4-3-5-19(14-16)22(23(24,25)26,17-6-10-20(27)11-7-17)18-8-12-21(28)13-9-18/h3-15,27-28H,1-2H3. The minimum atomic E-state index is -4.67. The zero-order valence-electron chi connectivity index (χ0n) is 15.5. The van der Waals surface area contributed by atoms with E-state index in [0.717, 1.165) is 5.56 Å². The van der Waals surface area contributed by atoms with Gasteiger partial charge >= 0.3 is 6.18 Å². The largest absolute Gasteiger partial charge is 0.508 e. The molecule has 2 N–H and O–H groups in total. The second kappa shape index (κ2) is 7.23. The fourth-order valence-corrected chi connectivity index (χ4v) is 3.54. The van der Waals surface area contributed by atoms with E-state index in [9.17, 15) is 23.4 Å². The molecule has 3 aromatic carbocycles. The van der Waals surface area contributed by atoms with Gasteiger partial charge < -0.3 is 10.2 Å². The molecule has 0 atom stereocenters. The van der Waals surface area contributed by atoms with Crippen LogP contribution in [-0.4, -0.2) is 16.4 Å². The zero-order chi connectivity index (χ0) is 20.5. The van der Waals surface area contributed by atoms with Crippen molar-refractivity contribution >= 4 is 0 Å². The first-order valence-corrected chi connectivity index (χ1v) is 8.92. The molecule has 0 unspecified atom stereocenters. The number of halogens is 3. The summed E-state index contributed by atoms with van der Waals surface area (Å²) >= 11 is 0. The molecule has 3 rings (SSSR count). The Morgan fingerprint density at radius 3 is 1.54 bits per heavy atom. The topological polar surface area (TPSA) is 40.5 Å². The van der Waals surface area contributed by atoms with Gasteiger partial charge in [0, 0.05) is 0 Å². The predicted octanol–water partition coefficient (Wildman–Crippen LogP) is 6.12. The van der Waals surface area contributed by atoms with Gasteiger partial charge in [-0.3, -0.25) is 0 Å². The molecule has 0 spiro atoms. The van der Waals surface area contributed by atoms with Crippen molar-refractivity contribution in [2.45, 2.75) is 31.4 Å². The van der Waals surface area contributed by atoms with Crippen molar-refractivity contribution in [1.29, 1.82) is 0 Å². The molecule has 3 aromatic rings.